The summed E-state index contributed by atoms with van der Waals surface area (Å²) in [4.78, 5) is 0. The average molecular weight is 277 g/mol. The van der Waals surface area contributed by atoms with Crippen LogP contribution in [0.5, 0.6) is 0 Å². The van der Waals surface area contributed by atoms with Crippen LogP contribution in [0.3, 0.4) is 0 Å². The van der Waals surface area contributed by atoms with Crippen LogP contribution in [-0.2, 0) is 0 Å². The Balaban J connectivity index is 2.58. The fourth-order valence-corrected chi connectivity index (χ4v) is 3.53. The predicted octanol–water partition coefficient (Wildman–Crippen LogP) is 2.82. The summed E-state index contributed by atoms with van der Waals surface area (Å²) in [5.41, 5.74) is 2.72. The Labute approximate surface area is 81.1 Å². The SMILES string of the molecule is CN1c2ccccc2C=S1I. The van der Waals surface area contributed by atoms with Crippen molar-refractivity contribution in [2.24, 2.45) is 0 Å². The Kier molecular flexibility index (Phi) is 1.93. The highest BCUT2D eigenvalue weighted by Gasteiger charge is 2.13. The summed E-state index contributed by atoms with van der Waals surface area (Å²) in [6.07, 6.45) is 0. The zero-order valence-corrected chi connectivity index (χ0v) is 9.09. The highest BCUT2D eigenvalue weighted by Crippen LogP contribution is 2.40. The first-order chi connectivity index (χ1) is 5.29. The smallest absolute Gasteiger partial charge is 0.0546 e. The fourth-order valence-electron chi connectivity index (χ4n) is 1.15. The lowest BCUT2D eigenvalue weighted by Gasteiger charge is -2.13. The molecule has 3 heteroatoms. The number of para-hydroxylation sites is 1. The third-order valence-corrected chi connectivity index (χ3v) is 5.47. The first kappa shape index (κ1) is 7.61. The number of anilines is 1. The molecular formula is C8H8INS. The molecule has 58 valence electrons. The van der Waals surface area contributed by atoms with E-state index in [1.165, 1.54) is 11.3 Å². The number of fused-ring (bicyclic) bond motifs is 1. The highest BCUT2D eigenvalue weighted by molar-refractivity contribution is 14.2. The molecule has 0 bridgehead atoms. The van der Waals surface area contributed by atoms with E-state index in [1.54, 1.807) is 0 Å². The van der Waals surface area contributed by atoms with Crippen molar-refractivity contribution in [2.45, 2.75) is 0 Å². The monoisotopic (exact) mass is 277 g/mol. The molecule has 0 radical (unpaired) electrons. The van der Waals surface area contributed by atoms with E-state index < -0.39 is 0 Å². The second kappa shape index (κ2) is 2.79. The van der Waals surface area contributed by atoms with Crippen LogP contribution in [0.1, 0.15) is 5.56 Å². The van der Waals surface area contributed by atoms with Crippen LogP contribution in [0.2, 0.25) is 0 Å². The van der Waals surface area contributed by atoms with E-state index in [2.05, 4.69) is 62.2 Å². The lowest BCUT2D eigenvalue weighted by molar-refractivity contribution is 1.37. The standard InChI is InChI=1S/C8H8INS/c1-10-8-5-3-2-4-7(8)6-11(10)9/h2-6H,1H3. The van der Waals surface area contributed by atoms with Crippen LogP contribution in [-0.4, -0.2) is 12.4 Å². The van der Waals surface area contributed by atoms with Crippen molar-refractivity contribution < 1.29 is 0 Å². The summed E-state index contributed by atoms with van der Waals surface area (Å²) in [6.45, 7) is 0. The van der Waals surface area contributed by atoms with E-state index in [0.717, 1.165) is 0 Å². The molecule has 0 N–H and O–H groups in total. The summed E-state index contributed by atoms with van der Waals surface area (Å²) < 4.78 is 2.30. The minimum absolute atomic E-state index is 0.264. The molecular weight excluding hydrogens is 269 g/mol. The largest absolute Gasteiger partial charge is 0.316 e. The number of hydrogen-bond donors (Lipinski definition) is 0. The normalized spacial score (nSPS) is 21.3. The molecule has 0 amide bonds. The van der Waals surface area contributed by atoms with Gasteiger partial charge in [0, 0.05) is 39.2 Å². The maximum atomic E-state index is 2.45. The molecule has 0 aliphatic carbocycles. The molecule has 1 unspecified atom stereocenters. The summed E-state index contributed by atoms with van der Waals surface area (Å²) in [7, 11) is 2.40. The minimum Gasteiger partial charge on any atom is -0.316 e. The Morgan fingerprint density at radius 3 is 2.82 bits per heavy atom. The van der Waals surface area contributed by atoms with Gasteiger partial charge < -0.3 is 4.31 Å². The molecule has 2 rings (SSSR count). The van der Waals surface area contributed by atoms with Gasteiger partial charge in [0.15, 0.2) is 0 Å². The Bertz CT molecular complexity index is 322. The molecule has 1 atom stereocenters. The Hall–Kier alpha value is -0.0300. The molecule has 11 heavy (non-hydrogen) atoms. The van der Waals surface area contributed by atoms with Gasteiger partial charge in [0.05, 0.1) is 5.69 Å². The molecule has 1 heterocycles. The van der Waals surface area contributed by atoms with Crippen LogP contribution in [0.4, 0.5) is 5.69 Å². The van der Waals surface area contributed by atoms with Crippen molar-refractivity contribution in [1.82, 2.24) is 0 Å². The zero-order valence-electron chi connectivity index (χ0n) is 6.12. The molecule has 0 spiro atoms. The Morgan fingerprint density at radius 1 is 1.36 bits per heavy atom. The van der Waals surface area contributed by atoms with Crippen molar-refractivity contribution in [3.8, 4) is 0 Å². The second-order valence-corrected chi connectivity index (χ2v) is 6.46. The van der Waals surface area contributed by atoms with Gasteiger partial charge in [-0.25, -0.2) is 0 Å². The maximum Gasteiger partial charge on any atom is 0.0546 e. The first-order valence-electron chi connectivity index (χ1n) is 3.36. The van der Waals surface area contributed by atoms with Gasteiger partial charge in [-0.15, -0.1) is 0 Å². The van der Waals surface area contributed by atoms with E-state index in [1.807, 2.05) is 0 Å². The van der Waals surface area contributed by atoms with Gasteiger partial charge >= 0.3 is 0 Å². The van der Waals surface area contributed by atoms with Crippen molar-refractivity contribution >= 4 is 40.1 Å². The zero-order chi connectivity index (χ0) is 7.84. The van der Waals surface area contributed by atoms with Gasteiger partial charge in [-0.3, -0.25) is 0 Å². The summed E-state index contributed by atoms with van der Waals surface area (Å²) in [5, 5.41) is 2.30. The minimum atomic E-state index is 0.264. The van der Waals surface area contributed by atoms with E-state index in [4.69, 9.17) is 0 Å². The van der Waals surface area contributed by atoms with Gasteiger partial charge in [0.2, 0.25) is 0 Å². The van der Waals surface area contributed by atoms with E-state index >= 15 is 0 Å². The second-order valence-electron chi connectivity index (χ2n) is 2.44. The van der Waals surface area contributed by atoms with Gasteiger partial charge in [0.25, 0.3) is 0 Å². The highest BCUT2D eigenvalue weighted by atomic mass is 127. The molecule has 1 nitrogen and oxygen atoms in total. The molecule has 0 fully saturated rings. The maximum absolute atomic E-state index is 2.45. The average Bonchev–Trinajstić information content (AvgIpc) is 2.30. The molecule has 0 saturated heterocycles. The predicted molar refractivity (Wildman–Crippen MR) is 61.6 cm³/mol. The summed E-state index contributed by atoms with van der Waals surface area (Å²) >= 11 is 2.45. The van der Waals surface area contributed by atoms with Crippen molar-refractivity contribution in [3.63, 3.8) is 0 Å². The molecule has 0 aromatic heterocycles. The molecule has 1 aromatic carbocycles. The lowest BCUT2D eigenvalue weighted by atomic mass is 10.2. The quantitative estimate of drug-likeness (QED) is 0.520. The van der Waals surface area contributed by atoms with Gasteiger partial charge in [-0.05, 0) is 13.9 Å². The van der Waals surface area contributed by atoms with Crippen molar-refractivity contribution in [3.05, 3.63) is 29.8 Å². The topological polar surface area (TPSA) is 3.24 Å². The third-order valence-electron chi connectivity index (χ3n) is 1.76. The first-order valence-corrected chi connectivity index (χ1v) is 7.15. The number of nitrogens with zero attached hydrogens (tertiary/aromatic N) is 1. The van der Waals surface area contributed by atoms with E-state index in [9.17, 15) is 0 Å². The van der Waals surface area contributed by atoms with Crippen molar-refractivity contribution in [2.75, 3.05) is 11.4 Å². The van der Waals surface area contributed by atoms with E-state index in [0.29, 0.717) is 0 Å². The van der Waals surface area contributed by atoms with Crippen LogP contribution in [0, 0.1) is 0 Å². The number of halogens is 1. The summed E-state index contributed by atoms with van der Waals surface area (Å²) in [6, 6.07) is 8.50. The van der Waals surface area contributed by atoms with Crippen molar-refractivity contribution in [1.29, 1.82) is 0 Å². The fraction of sp³-hybridized carbons (Fsp3) is 0.125. The molecule has 1 aliphatic heterocycles. The van der Waals surface area contributed by atoms with E-state index in [-0.39, 0.29) is 7.84 Å². The number of hydrogen-bond acceptors (Lipinski definition) is 1. The van der Waals surface area contributed by atoms with Gasteiger partial charge in [0.1, 0.15) is 0 Å². The molecule has 0 saturated carbocycles. The number of rotatable bonds is 0. The van der Waals surface area contributed by atoms with Gasteiger partial charge in [-0.2, -0.15) is 0 Å². The van der Waals surface area contributed by atoms with Crippen LogP contribution in [0.25, 0.3) is 0 Å². The molecule has 1 aromatic rings. The Morgan fingerprint density at radius 2 is 2.09 bits per heavy atom. The van der Waals surface area contributed by atoms with Crippen LogP contribution < -0.4 is 4.31 Å². The molecule has 1 aliphatic rings. The van der Waals surface area contributed by atoms with Gasteiger partial charge in [-0.1, -0.05) is 18.2 Å². The van der Waals surface area contributed by atoms with Crippen LogP contribution >= 0.6 is 29.0 Å². The third kappa shape index (κ3) is 1.20. The summed E-state index contributed by atoms with van der Waals surface area (Å²) in [5.74, 6) is 0. The number of benzene rings is 1. The lowest BCUT2D eigenvalue weighted by Crippen LogP contribution is -2.01. The van der Waals surface area contributed by atoms with Crippen LogP contribution in [0.15, 0.2) is 24.3 Å².